The van der Waals surface area contributed by atoms with Gasteiger partial charge in [-0.05, 0) is 43.4 Å². The fraction of sp³-hybridized carbons (Fsp3) is 0.538. The van der Waals surface area contributed by atoms with Gasteiger partial charge in [0.1, 0.15) is 0 Å². The standard InChI is InChI=1S/C13H17BrClN/c1-9(10-3-2-4-10)16-8-11-5-6-12(14)7-13(11)15/h5-7,9-10,16H,2-4,8H2,1H3. The second kappa shape index (κ2) is 5.52. The van der Waals surface area contributed by atoms with E-state index in [9.17, 15) is 0 Å². The van der Waals surface area contributed by atoms with Gasteiger partial charge in [-0.25, -0.2) is 0 Å². The Labute approximate surface area is 111 Å². The highest BCUT2D eigenvalue weighted by Gasteiger charge is 2.23. The Kier molecular flexibility index (Phi) is 4.28. The predicted molar refractivity (Wildman–Crippen MR) is 72.8 cm³/mol. The molecule has 1 aromatic carbocycles. The molecule has 0 radical (unpaired) electrons. The van der Waals surface area contributed by atoms with E-state index in [0.717, 1.165) is 22.0 Å². The molecule has 0 aromatic heterocycles. The molecule has 0 spiro atoms. The molecule has 0 saturated heterocycles. The summed E-state index contributed by atoms with van der Waals surface area (Å²) in [5, 5.41) is 4.40. The van der Waals surface area contributed by atoms with E-state index in [-0.39, 0.29) is 0 Å². The van der Waals surface area contributed by atoms with Crippen molar-refractivity contribution in [3.8, 4) is 0 Å². The van der Waals surface area contributed by atoms with E-state index in [0.29, 0.717) is 6.04 Å². The SMILES string of the molecule is CC(NCc1ccc(Br)cc1Cl)C1CCC1. The van der Waals surface area contributed by atoms with Crippen molar-refractivity contribution in [1.82, 2.24) is 5.32 Å². The van der Waals surface area contributed by atoms with Crippen LogP contribution in [0.1, 0.15) is 31.7 Å². The van der Waals surface area contributed by atoms with Crippen molar-refractivity contribution in [2.75, 3.05) is 0 Å². The summed E-state index contributed by atoms with van der Waals surface area (Å²) in [5.74, 6) is 0.870. The first kappa shape index (κ1) is 12.4. The lowest BCUT2D eigenvalue weighted by molar-refractivity contribution is 0.240. The number of rotatable bonds is 4. The monoisotopic (exact) mass is 301 g/mol. The van der Waals surface area contributed by atoms with Crippen LogP contribution in [-0.4, -0.2) is 6.04 Å². The molecule has 1 N–H and O–H groups in total. The molecule has 0 amide bonds. The van der Waals surface area contributed by atoms with Crippen molar-refractivity contribution in [1.29, 1.82) is 0 Å². The highest BCUT2D eigenvalue weighted by atomic mass is 79.9. The average Bonchev–Trinajstić information content (AvgIpc) is 2.13. The molecule has 0 bridgehead atoms. The van der Waals surface area contributed by atoms with Crippen LogP contribution in [-0.2, 0) is 6.54 Å². The predicted octanol–water partition coefficient (Wildman–Crippen LogP) is 4.38. The van der Waals surface area contributed by atoms with Crippen molar-refractivity contribution in [3.63, 3.8) is 0 Å². The first-order valence-corrected chi connectivity index (χ1v) is 7.01. The van der Waals surface area contributed by atoms with E-state index in [4.69, 9.17) is 11.6 Å². The quantitative estimate of drug-likeness (QED) is 0.870. The highest BCUT2D eigenvalue weighted by molar-refractivity contribution is 9.10. The molecule has 88 valence electrons. The molecule has 0 heterocycles. The number of benzene rings is 1. The molecule has 16 heavy (non-hydrogen) atoms. The summed E-state index contributed by atoms with van der Waals surface area (Å²) in [6.45, 7) is 3.14. The van der Waals surface area contributed by atoms with Gasteiger partial charge >= 0.3 is 0 Å². The minimum absolute atomic E-state index is 0.605. The molecule has 2 rings (SSSR count). The lowest BCUT2D eigenvalue weighted by atomic mass is 9.80. The molecule has 1 nitrogen and oxygen atoms in total. The lowest BCUT2D eigenvalue weighted by Gasteiger charge is -2.32. The largest absolute Gasteiger partial charge is 0.310 e. The van der Waals surface area contributed by atoms with Gasteiger partial charge in [0.15, 0.2) is 0 Å². The lowest BCUT2D eigenvalue weighted by Crippen LogP contribution is -2.36. The van der Waals surface area contributed by atoms with Crippen molar-refractivity contribution in [2.24, 2.45) is 5.92 Å². The van der Waals surface area contributed by atoms with Crippen molar-refractivity contribution < 1.29 is 0 Å². The van der Waals surface area contributed by atoms with Crippen molar-refractivity contribution in [3.05, 3.63) is 33.3 Å². The van der Waals surface area contributed by atoms with Crippen LogP contribution in [0.2, 0.25) is 5.02 Å². The molecule has 1 aliphatic carbocycles. The van der Waals surface area contributed by atoms with Gasteiger partial charge in [-0.1, -0.05) is 40.0 Å². The second-order valence-corrected chi connectivity index (χ2v) is 5.92. The maximum Gasteiger partial charge on any atom is 0.0462 e. The zero-order valence-electron chi connectivity index (χ0n) is 9.47. The second-order valence-electron chi connectivity index (χ2n) is 4.60. The molecule has 1 unspecified atom stereocenters. The van der Waals surface area contributed by atoms with E-state index in [1.54, 1.807) is 0 Å². The summed E-state index contributed by atoms with van der Waals surface area (Å²) in [5.41, 5.74) is 1.18. The van der Waals surface area contributed by atoms with Crippen LogP contribution in [0.5, 0.6) is 0 Å². The zero-order valence-corrected chi connectivity index (χ0v) is 11.8. The highest BCUT2D eigenvalue weighted by Crippen LogP contribution is 2.29. The number of hydrogen-bond acceptors (Lipinski definition) is 1. The van der Waals surface area contributed by atoms with E-state index in [2.05, 4.69) is 34.2 Å². The van der Waals surface area contributed by atoms with Crippen LogP contribution in [0.15, 0.2) is 22.7 Å². The van der Waals surface area contributed by atoms with Crippen LogP contribution in [0.3, 0.4) is 0 Å². The zero-order chi connectivity index (χ0) is 11.5. The van der Waals surface area contributed by atoms with Crippen LogP contribution in [0.4, 0.5) is 0 Å². The Morgan fingerprint density at radius 1 is 1.50 bits per heavy atom. The van der Waals surface area contributed by atoms with Gasteiger partial charge in [-0.3, -0.25) is 0 Å². The van der Waals surface area contributed by atoms with Crippen LogP contribution in [0, 0.1) is 5.92 Å². The molecule has 1 aliphatic rings. The smallest absolute Gasteiger partial charge is 0.0462 e. The van der Waals surface area contributed by atoms with E-state index < -0.39 is 0 Å². The number of nitrogens with one attached hydrogen (secondary N) is 1. The Bertz CT molecular complexity index is 363. The molecule has 1 saturated carbocycles. The number of hydrogen-bond donors (Lipinski definition) is 1. The van der Waals surface area contributed by atoms with Gasteiger partial charge in [0.2, 0.25) is 0 Å². The van der Waals surface area contributed by atoms with Gasteiger partial charge in [0.05, 0.1) is 0 Å². The van der Waals surface area contributed by atoms with E-state index in [1.165, 1.54) is 24.8 Å². The van der Waals surface area contributed by atoms with Gasteiger partial charge in [0.25, 0.3) is 0 Å². The average molecular weight is 303 g/mol. The van der Waals surface area contributed by atoms with Crippen LogP contribution in [0.25, 0.3) is 0 Å². The molecule has 1 fully saturated rings. The third-order valence-electron chi connectivity index (χ3n) is 3.49. The fourth-order valence-corrected chi connectivity index (χ4v) is 2.78. The Morgan fingerprint density at radius 2 is 2.25 bits per heavy atom. The Morgan fingerprint density at radius 3 is 2.81 bits per heavy atom. The van der Waals surface area contributed by atoms with E-state index in [1.807, 2.05) is 12.1 Å². The third kappa shape index (κ3) is 2.99. The molecular weight excluding hydrogens is 286 g/mol. The molecule has 1 atom stereocenters. The maximum atomic E-state index is 6.17. The summed E-state index contributed by atoms with van der Waals surface area (Å²) in [7, 11) is 0. The third-order valence-corrected chi connectivity index (χ3v) is 4.33. The summed E-state index contributed by atoms with van der Waals surface area (Å²) in [4.78, 5) is 0. The van der Waals surface area contributed by atoms with Crippen molar-refractivity contribution in [2.45, 2.75) is 38.8 Å². The molecular formula is C13H17BrClN. The minimum atomic E-state index is 0.605. The van der Waals surface area contributed by atoms with Crippen LogP contribution >= 0.6 is 27.5 Å². The normalized spacial score (nSPS) is 18.2. The molecule has 1 aromatic rings. The Hall–Kier alpha value is -0.0500. The van der Waals surface area contributed by atoms with Crippen molar-refractivity contribution >= 4 is 27.5 Å². The van der Waals surface area contributed by atoms with Gasteiger partial charge in [-0.15, -0.1) is 0 Å². The summed E-state index contributed by atoms with van der Waals surface area (Å²) in [6.07, 6.45) is 4.15. The summed E-state index contributed by atoms with van der Waals surface area (Å²) in [6, 6.07) is 6.67. The summed E-state index contributed by atoms with van der Waals surface area (Å²) < 4.78 is 1.04. The summed E-state index contributed by atoms with van der Waals surface area (Å²) >= 11 is 9.59. The van der Waals surface area contributed by atoms with Crippen LogP contribution < -0.4 is 5.32 Å². The first-order chi connectivity index (χ1) is 7.66. The first-order valence-electron chi connectivity index (χ1n) is 5.84. The number of halogens is 2. The maximum absolute atomic E-state index is 6.17. The van der Waals surface area contributed by atoms with Gasteiger partial charge < -0.3 is 5.32 Å². The molecule has 0 aliphatic heterocycles. The topological polar surface area (TPSA) is 12.0 Å². The Balaban J connectivity index is 1.88. The van der Waals surface area contributed by atoms with Gasteiger partial charge in [-0.2, -0.15) is 0 Å². The van der Waals surface area contributed by atoms with E-state index >= 15 is 0 Å². The van der Waals surface area contributed by atoms with Gasteiger partial charge in [0, 0.05) is 22.1 Å². The molecule has 3 heteroatoms. The minimum Gasteiger partial charge on any atom is -0.310 e. The fourth-order valence-electron chi connectivity index (χ4n) is 2.04.